The van der Waals surface area contributed by atoms with E-state index in [9.17, 15) is 4.79 Å². The fraction of sp³-hybridized carbons (Fsp3) is 0.214. The molecule has 88 valence electrons. The summed E-state index contributed by atoms with van der Waals surface area (Å²) in [6.07, 6.45) is 5.37. The number of carbonyl (C=O) groups excluding carboxylic acids is 1. The van der Waals surface area contributed by atoms with Crippen LogP contribution in [0.15, 0.2) is 30.5 Å². The number of aryl methyl sites for hydroxylation is 2. The number of nitrogens with zero attached hydrogens (tertiary/aromatic N) is 1. The van der Waals surface area contributed by atoms with Crippen LogP contribution in [0, 0.1) is 6.92 Å². The van der Waals surface area contributed by atoms with Gasteiger partial charge >= 0.3 is 0 Å². The first kappa shape index (κ1) is 11.9. The minimum Gasteiger partial charge on any atom is -0.350 e. The van der Waals surface area contributed by atoms with Gasteiger partial charge in [0.05, 0.1) is 5.88 Å². The van der Waals surface area contributed by atoms with Crippen molar-refractivity contribution in [3.63, 3.8) is 0 Å². The molecule has 3 heteroatoms. The topological polar surface area (TPSA) is 22.0 Å². The van der Waals surface area contributed by atoms with Crippen LogP contribution in [0.1, 0.15) is 11.1 Å². The number of hydrogen-bond donors (Lipinski definition) is 0. The Morgan fingerprint density at radius 3 is 2.94 bits per heavy atom. The zero-order valence-corrected chi connectivity index (χ0v) is 10.7. The van der Waals surface area contributed by atoms with Gasteiger partial charge in [0.1, 0.15) is 0 Å². The molecule has 2 rings (SSSR count). The van der Waals surface area contributed by atoms with E-state index in [4.69, 9.17) is 11.6 Å². The van der Waals surface area contributed by atoms with Crippen molar-refractivity contribution in [2.24, 2.45) is 7.05 Å². The number of aromatic nitrogens is 1. The van der Waals surface area contributed by atoms with Crippen molar-refractivity contribution in [2.75, 3.05) is 5.88 Å². The molecule has 17 heavy (non-hydrogen) atoms. The van der Waals surface area contributed by atoms with E-state index in [-0.39, 0.29) is 11.7 Å². The van der Waals surface area contributed by atoms with Crippen molar-refractivity contribution in [3.05, 3.63) is 41.6 Å². The SMILES string of the molecule is Cc1ccc2c(/C=C/C(=O)CCl)cn(C)c2c1. The third kappa shape index (κ3) is 2.42. The molecule has 1 heterocycles. The summed E-state index contributed by atoms with van der Waals surface area (Å²) < 4.78 is 2.06. The van der Waals surface area contributed by atoms with Gasteiger partial charge < -0.3 is 4.57 Å². The number of alkyl halides is 1. The molecule has 1 aromatic heterocycles. The van der Waals surface area contributed by atoms with E-state index < -0.39 is 0 Å². The predicted octanol–water partition coefficient (Wildman–Crippen LogP) is 3.31. The minimum atomic E-state index is -0.0734. The van der Waals surface area contributed by atoms with Gasteiger partial charge in [-0.25, -0.2) is 0 Å². The van der Waals surface area contributed by atoms with Crippen molar-refractivity contribution in [1.82, 2.24) is 4.57 Å². The number of rotatable bonds is 3. The van der Waals surface area contributed by atoms with E-state index in [0.29, 0.717) is 0 Å². The second kappa shape index (κ2) is 4.76. The molecule has 0 radical (unpaired) electrons. The molecule has 0 unspecified atom stereocenters. The summed E-state index contributed by atoms with van der Waals surface area (Å²) in [7, 11) is 2.00. The van der Waals surface area contributed by atoms with Crippen LogP contribution in [0.2, 0.25) is 0 Å². The largest absolute Gasteiger partial charge is 0.350 e. The van der Waals surface area contributed by atoms with Crippen LogP contribution in [0.25, 0.3) is 17.0 Å². The van der Waals surface area contributed by atoms with Crippen molar-refractivity contribution in [1.29, 1.82) is 0 Å². The lowest BCUT2D eigenvalue weighted by molar-refractivity contribution is -0.112. The Kier molecular flexibility index (Phi) is 3.34. The molecule has 0 bridgehead atoms. The van der Waals surface area contributed by atoms with E-state index in [1.54, 1.807) is 0 Å². The lowest BCUT2D eigenvalue weighted by atomic mass is 10.1. The minimum absolute atomic E-state index is 0.0281. The van der Waals surface area contributed by atoms with Crippen LogP contribution in [0.3, 0.4) is 0 Å². The van der Waals surface area contributed by atoms with E-state index >= 15 is 0 Å². The molecule has 0 N–H and O–H groups in total. The van der Waals surface area contributed by atoms with Crippen molar-refractivity contribution in [3.8, 4) is 0 Å². The summed E-state index contributed by atoms with van der Waals surface area (Å²) in [5, 5.41) is 1.15. The molecular weight excluding hydrogens is 234 g/mol. The van der Waals surface area contributed by atoms with Gasteiger partial charge in [0, 0.05) is 29.7 Å². The number of benzene rings is 1. The second-order valence-corrected chi connectivity index (χ2v) is 4.42. The average Bonchev–Trinajstić information content (AvgIpc) is 2.63. The maximum absolute atomic E-state index is 11.2. The predicted molar refractivity (Wildman–Crippen MR) is 72.4 cm³/mol. The van der Waals surface area contributed by atoms with E-state index in [1.807, 2.05) is 19.3 Å². The standard InChI is InChI=1S/C14H14ClNO/c1-10-3-6-13-11(4-5-12(17)8-15)9-16(2)14(13)7-10/h3-7,9H,8H2,1-2H3/b5-4+. The van der Waals surface area contributed by atoms with Gasteiger partial charge in [0.2, 0.25) is 0 Å². The highest BCUT2D eigenvalue weighted by molar-refractivity contribution is 6.29. The molecule has 2 aromatic rings. The molecule has 0 saturated carbocycles. The van der Waals surface area contributed by atoms with Gasteiger partial charge in [0.15, 0.2) is 5.78 Å². The van der Waals surface area contributed by atoms with Gasteiger partial charge in [-0.1, -0.05) is 12.1 Å². The van der Waals surface area contributed by atoms with Crippen LogP contribution in [-0.2, 0) is 11.8 Å². The van der Waals surface area contributed by atoms with Crippen molar-refractivity contribution < 1.29 is 4.79 Å². The van der Waals surface area contributed by atoms with Gasteiger partial charge in [-0.2, -0.15) is 0 Å². The summed E-state index contributed by atoms with van der Waals surface area (Å²) in [4.78, 5) is 11.2. The number of hydrogen-bond acceptors (Lipinski definition) is 1. The van der Waals surface area contributed by atoms with Crippen LogP contribution >= 0.6 is 11.6 Å². The maximum Gasteiger partial charge on any atom is 0.170 e. The molecule has 0 aliphatic carbocycles. The zero-order chi connectivity index (χ0) is 12.4. The second-order valence-electron chi connectivity index (χ2n) is 4.15. The Labute approximate surface area is 105 Å². The average molecular weight is 248 g/mol. The van der Waals surface area contributed by atoms with Gasteiger partial charge in [-0.3, -0.25) is 4.79 Å². The molecule has 0 atom stereocenters. The number of ketones is 1. The molecule has 2 nitrogen and oxygen atoms in total. The van der Waals surface area contributed by atoms with Crippen molar-refractivity contribution >= 4 is 34.4 Å². The molecule has 0 amide bonds. The summed E-state index contributed by atoms with van der Waals surface area (Å²) in [6, 6.07) is 6.29. The molecule has 0 spiro atoms. The molecule has 0 fully saturated rings. The lowest BCUT2D eigenvalue weighted by Gasteiger charge is -1.97. The Morgan fingerprint density at radius 2 is 2.24 bits per heavy atom. The lowest BCUT2D eigenvalue weighted by Crippen LogP contribution is -1.91. The fourth-order valence-electron chi connectivity index (χ4n) is 1.89. The van der Waals surface area contributed by atoms with Crippen LogP contribution in [-0.4, -0.2) is 16.2 Å². The fourth-order valence-corrected chi connectivity index (χ4v) is 1.97. The highest BCUT2D eigenvalue weighted by Crippen LogP contribution is 2.22. The Hall–Kier alpha value is -1.54. The molecular formula is C14H14ClNO. The quantitative estimate of drug-likeness (QED) is 0.603. The Bertz CT molecular complexity index is 596. The number of halogens is 1. The van der Waals surface area contributed by atoms with Gasteiger partial charge in [-0.05, 0) is 30.7 Å². The smallest absolute Gasteiger partial charge is 0.170 e. The van der Waals surface area contributed by atoms with E-state index in [2.05, 4.69) is 29.7 Å². The molecule has 0 aliphatic rings. The molecule has 1 aromatic carbocycles. The first-order valence-electron chi connectivity index (χ1n) is 5.44. The number of allylic oxidation sites excluding steroid dienone is 1. The Morgan fingerprint density at radius 1 is 1.47 bits per heavy atom. The highest BCUT2D eigenvalue weighted by atomic mass is 35.5. The maximum atomic E-state index is 11.2. The third-order valence-electron chi connectivity index (χ3n) is 2.76. The summed E-state index contributed by atoms with van der Waals surface area (Å²) in [6.45, 7) is 2.07. The Balaban J connectivity index is 2.49. The van der Waals surface area contributed by atoms with Crippen LogP contribution in [0.5, 0.6) is 0 Å². The first-order chi connectivity index (χ1) is 8.11. The van der Waals surface area contributed by atoms with Gasteiger partial charge in [0.25, 0.3) is 0 Å². The zero-order valence-electron chi connectivity index (χ0n) is 9.90. The summed E-state index contributed by atoms with van der Waals surface area (Å²) in [5.74, 6) is -0.0452. The van der Waals surface area contributed by atoms with Crippen LogP contribution < -0.4 is 0 Å². The molecule has 0 aliphatic heterocycles. The van der Waals surface area contributed by atoms with E-state index in [1.165, 1.54) is 17.2 Å². The highest BCUT2D eigenvalue weighted by Gasteiger charge is 2.04. The summed E-state index contributed by atoms with van der Waals surface area (Å²) >= 11 is 5.46. The normalized spacial score (nSPS) is 11.5. The molecule has 0 saturated heterocycles. The van der Waals surface area contributed by atoms with E-state index in [0.717, 1.165) is 10.9 Å². The number of fused-ring (bicyclic) bond motifs is 1. The number of carbonyl (C=O) groups is 1. The summed E-state index contributed by atoms with van der Waals surface area (Å²) in [5.41, 5.74) is 3.44. The van der Waals surface area contributed by atoms with Gasteiger partial charge in [-0.15, -0.1) is 11.6 Å². The van der Waals surface area contributed by atoms with Crippen molar-refractivity contribution in [2.45, 2.75) is 6.92 Å². The first-order valence-corrected chi connectivity index (χ1v) is 5.98. The monoisotopic (exact) mass is 247 g/mol. The van der Waals surface area contributed by atoms with Crippen LogP contribution in [0.4, 0.5) is 0 Å². The third-order valence-corrected chi connectivity index (χ3v) is 3.02.